The fourth-order valence-electron chi connectivity index (χ4n) is 3.78. The van der Waals surface area contributed by atoms with Crippen LogP contribution in [0.4, 0.5) is 0 Å². The Kier molecular flexibility index (Phi) is 4.52. The summed E-state index contributed by atoms with van der Waals surface area (Å²) in [5, 5.41) is 21.0. The van der Waals surface area contributed by atoms with Gasteiger partial charge in [-0.3, -0.25) is 0 Å². The van der Waals surface area contributed by atoms with Crippen LogP contribution in [-0.4, -0.2) is 29.5 Å². The van der Waals surface area contributed by atoms with Gasteiger partial charge in [-0.15, -0.1) is 0 Å². The summed E-state index contributed by atoms with van der Waals surface area (Å²) < 4.78 is 26.5. The summed E-state index contributed by atoms with van der Waals surface area (Å²) >= 11 is 0. The van der Waals surface area contributed by atoms with Crippen molar-refractivity contribution in [1.29, 1.82) is 0 Å². The summed E-state index contributed by atoms with van der Waals surface area (Å²) in [4.78, 5) is 0.207. The van der Waals surface area contributed by atoms with E-state index in [1.807, 2.05) is 13.0 Å². The van der Waals surface area contributed by atoms with Crippen LogP contribution in [0.5, 0.6) is 0 Å². The Balaban J connectivity index is 2.10. The predicted molar refractivity (Wildman–Crippen MR) is 97.0 cm³/mol. The fourth-order valence-corrected chi connectivity index (χ4v) is 5.79. The molecule has 2 N–H and O–H groups in total. The number of hydrogen-bond donors (Lipinski definition) is 2. The van der Waals surface area contributed by atoms with Gasteiger partial charge in [0.15, 0.2) is 9.84 Å². The van der Waals surface area contributed by atoms with Crippen molar-refractivity contribution < 1.29 is 18.6 Å². The molecule has 0 radical (unpaired) electrons. The molecule has 0 bridgehead atoms. The predicted octanol–water partition coefficient (Wildman–Crippen LogP) is 2.96. The van der Waals surface area contributed by atoms with Gasteiger partial charge in [0.1, 0.15) is 5.60 Å². The van der Waals surface area contributed by atoms with Crippen molar-refractivity contribution in [2.45, 2.75) is 54.5 Å². The van der Waals surface area contributed by atoms with Gasteiger partial charge in [-0.25, -0.2) is 8.42 Å². The maximum absolute atomic E-state index is 13.3. The standard InChI is InChI=1S/C20H24O4S/c1-15-8-10-17(11-9-15)25(23,24)18-12-13-19(2,21)14-20(18,22)16-6-4-3-5-7-16/h3-11,18,21-22H,12-14H2,1-2H3/t18-,19+,20-/m0/s1. The topological polar surface area (TPSA) is 74.6 Å². The fraction of sp³-hybridized carbons (Fsp3) is 0.400. The van der Waals surface area contributed by atoms with Crippen molar-refractivity contribution in [2.75, 3.05) is 0 Å². The lowest BCUT2D eigenvalue weighted by Gasteiger charge is -2.45. The maximum atomic E-state index is 13.3. The molecule has 0 aromatic heterocycles. The first-order valence-electron chi connectivity index (χ1n) is 8.46. The second kappa shape index (κ2) is 6.24. The van der Waals surface area contributed by atoms with E-state index < -0.39 is 26.3 Å². The zero-order valence-electron chi connectivity index (χ0n) is 14.5. The van der Waals surface area contributed by atoms with Crippen LogP contribution in [0.15, 0.2) is 59.5 Å². The summed E-state index contributed by atoms with van der Waals surface area (Å²) in [6.07, 6.45) is 0.520. The second-order valence-electron chi connectivity index (χ2n) is 7.35. The van der Waals surface area contributed by atoms with E-state index in [1.165, 1.54) is 0 Å². The number of benzene rings is 2. The molecule has 4 nitrogen and oxygen atoms in total. The summed E-state index contributed by atoms with van der Waals surface area (Å²) in [6, 6.07) is 15.5. The Morgan fingerprint density at radius 2 is 1.60 bits per heavy atom. The van der Waals surface area contributed by atoms with E-state index in [1.54, 1.807) is 55.5 Å². The Labute approximate surface area is 149 Å². The lowest BCUT2D eigenvalue weighted by molar-refractivity contribution is -0.0927. The Morgan fingerprint density at radius 3 is 2.20 bits per heavy atom. The highest BCUT2D eigenvalue weighted by Gasteiger charge is 2.53. The quantitative estimate of drug-likeness (QED) is 0.882. The zero-order chi connectivity index (χ0) is 18.3. The molecular formula is C20H24O4S. The van der Waals surface area contributed by atoms with Gasteiger partial charge in [-0.05, 0) is 44.4 Å². The molecule has 3 rings (SSSR count). The third-order valence-corrected chi connectivity index (χ3v) is 7.43. The molecule has 3 atom stereocenters. The third-order valence-electron chi connectivity index (χ3n) is 5.13. The molecule has 2 aromatic carbocycles. The van der Waals surface area contributed by atoms with Crippen molar-refractivity contribution in [3.63, 3.8) is 0 Å². The maximum Gasteiger partial charge on any atom is 0.184 e. The molecule has 0 unspecified atom stereocenters. The molecule has 0 heterocycles. The van der Waals surface area contributed by atoms with Crippen molar-refractivity contribution in [2.24, 2.45) is 0 Å². The van der Waals surface area contributed by atoms with E-state index in [9.17, 15) is 18.6 Å². The van der Waals surface area contributed by atoms with Gasteiger partial charge in [0.25, 0.3) is 0 Å². The van der Waals surface area contributed by atoms with Crippen LogP contribution in [-0.2, 0) is 15.4 Å². The summed E-state index contributed by atoms with van der Waals surface area (Å²) in [5.74, 6) is 0. The van der Waals surface area contributed by atoms with Crippen LogP contribution in [0.3, 0.4) is 0 Å². The average molecular weight is 360 g/mol. The Hall–Kier alpha value is -1.69. The number of hydrogen-bond acceptors (Lipinski definition) is 4. The zero-order valence-corrected chi connectivity index (χ0v) is 15.3. The Bertz CT molecular complexity index is 841. The van der Waals surface area contributed by atoms with Crippen LogP contribution >= 0.6 is 0 Å². The van der Waals surface area contributed by atoms with Crippen LogP contribution in [0.1, 0.15) is 37.3 Å². The SMILES string of the molecule is Cc1ccc(S(=O)(=O)[C@H]2CC[C@@](C)(O)C[C@]2(O)c2ccccc2)cc1. The molecule has 134 valence electrons. The summed E-state index contributed by atoms with van der Waals surface area (Å²) in [5.41, 5.74) is -1.24. The molecule has 5 heteroatoms. The second-order valence-corrected chi connectivity index (χ2v) is 9.48. The van der Waals surface area contributed by atoms with Gasteiger partial charge in [-0.1, -0.05) is 48.0 Å². The molecule has 25 heavy (non-hydrogen) atoms. The minimum absolute atomic E-state index is 0.0141. The van der Waals surface area contributed by atoms with E-state index in [-0.39, 0.29) is 17.7 Å². The highest BCUT2D eigenvalue weighted by molar-refractivity contribution is 7.92. The molecular weight excluding hydrogens is 336 g/mol. The molecule has 1 aliphatic rings. The van der Waals surface area contributed by atoms with E-state index in [0.29, 0.717) is 12.0 Å². The molecule has 1 aliphatic carbocycles. The van der Waals surface area contributed by atoms with E-state index in [2.05, 4.69) is 0 Å². The number of rotatable bonds is 3. The van der Waals surface area contributed by atoms with Crippen molar-refractivity contribution in [3.05, 3.63) is 65.7 Å². The van der Waals surface area contributed by atoms with Gasteiger partial charge < -0.3 is 10.2 Å². The van der Waals surface area contributed by atoms with E-state index in [0.717, 1.165) is 5.56 Å². The average Bonchev–Trinajstić information content (AvgIpc) is 2.55. The smallest absolute Gasteiger partial charge is 0.184 e. The first-order valence-corrected chi connectivity index (χ1v) is 10.0. The number of sulfone groups is 1. The normalized spacial score (nSPS) is 30.2. The summed E-state index contributed by atoms with van der Waals surface area (Å²) in [6.45, 7) is 3.55. The molecule has 1 saturated carbocycles. The highest BCUT2D eigenvalue weighted by atomic mass is 32.2. The van der Waals surface area contributed by atoms with Crippen molar-refractivity contribution in [1.82, 2.24) is 0 Å². The first kappa shape index (κ1) is 18.1. The molecule has 1 fully saturated rings. The third kappa shape index (κ3) is 3.36. The largest absolute Gasteiger partial charge is 0.390 e. The number of aryl methyl sites for hydroxylation is 1. The van der Waals surface area contributed by atoms with E-state index in [4.69, 9.17) is 0 Å². The molecule has 0 aliphatic heterocycles. The monoisotopic (exact) mass is 360 g/mol. The summed E-state index contributed by atoms with van der Waals surface area (Å²) in [7, 11) is -3.75. The van der Waals surface area contributed by atoms with Crippen LogP contribution in [0, 0.1) is 6.92 Å². The van der Waals surface area contributed by atoms with Gasteiger partial charge in [-0.2, -0.15) is 0 Å². The van der Waals surface area contributed by atoms with E-state index >= 15 is 0 Å². The molecule has 0 saturated heterocycles. The van der Waals surface area contributed by atoms with Crippen molar-refractivity contribution >= 4 is 9.84 Å². The first-order chi connectivity index (χ1) is 11.7. The molecule has 0 spiro atoms. The van der Waals surface area contributed by atoms with Crippen LogP contribution < -0.4 is 0 Å². The van der Waals surface area contributed by atoms with Crippen molar-refractivity contribution in [3.8, 4) is 0 Å². The van der Waals surface area contributed by atoms with Gasteiger partial charge in [0.2, 0.25) is 0 Å². The van der Waals surface area contributed by atoms with Gasteiger partial charge >= 0.3 is 0 Å². The highest BCUT2D eigenvalue weighted by Crippen LogP contribution is 2.46. The Morgan fingerprint density at radius 1 is 1.00 bits per heavy atom. The molecule has 0 amide bonds. The number of aliphatic hydroxyl groups is 2. The minimum Gasteiger partial charge on any atom is -0.390 e. The lowest BCUT2D eigenvalue weighted by Crippen LogP contribution is -2.53. The minimum atomic E-state index is -3.75. The van der Waals surface area contributed by atoms with Gasteiger partial charge in [0.05, 0.1) is 15.7 Å². The molecule has 2 aromatic rings. The van der Waals surface area contributed by atoms with Gasteiger partial charge in [0, 0.05) is 6.42 Å². The van der Waals surface area contributed by atoms with Crippen LogP contribution in [0.2, 0.25) is 0 Å². The lowest BCUT2D eigenvalue weighted by atomic mass is 9.72. The van der Waals surface area contributed by atoms with Crippen LogP contribution in [0.25, 0.3) is 0 Å².